The van der Waals surface area contributed by atoms with Crippen LogP contribution < -0.4 is 0 Å². The number of fused-ring (bicyclic) bond motifs is 6. The first kappa shape index (κ1) is 69.1. The molecule has 18 nitrogen and oxygen atoms in total. The van der Waals surface area contributed by atoms with Crippen molar-refractivity contribution in [2.24, 2.45) is 0 Å². The summed E-state index contributed by atoms with van der Waals surface area (Å²) < 4.78 is 212. The van der Waals surface area contributed by atoms with E-state index >= 15 is 0 Å². The van der Waals surface area contributed by atoms with Gasteiger partial charge in [-0.2, -0.15) is 0 Å². The Morgan fingerprint density at radius 2 is 0.413 bits per heavy atom. The molecule has 6 aliphatic rings. The second kappa shape index (κ2) is 45.7. The van der Waals surface area contributed by atoms with Crippen LogP contribution in [-0.4, -0.2) is 165 Å². The van der Waals surface area contributed by atoms with E-state index in [1.807, 2.05) is 228 Å². The number of hydrogen-bond donors (Lipinski definition) is 0. The Bertz CT molecular complexity index is 8170. The summed E-state index contributed by atoms with van der Waals surface area (Å²) in [5.41, 5.74) is 22.5. The maximum Gasteiger partial charge on any atom is 0.124 e. The van der Waals surface area contributed by atoms with Crippen LogP contribution in [0.1, 0.15) is 211 Å². The molecule has 0 N–H and O–H groups in total. The van der Waals surface area contributed by atoms with E-state index in [-0.39, 0.29) is 44.8 Å². The minimum absolute atomic E-state index is 0.0771. The molecule has 0 spiro atoms. The van der Waals surface area contributed by atoms with Gasteiger partial charge in [-0.3, -0.25) is 29.4 Å². The van der Waals surface area contributed by atoms with Crippen molar-refractivity contribution in [1.82, 2.24) is 86.7 Å². The Hall–Kier alpha value is -12.8. The average molecular weight is 1860 g/mol. The Balaban J connectivity index is 0.000000120. The molecule has 0 unspecified atom stereocenters. The third-order valence-electron chi connectivity index (χ3n) is 25.6. The van der Waals surface area contributed by atoms with E-state index in [0.29, 0.717) is 102 Å². The summed E-state index contributed by atoms with van der Waals surface area (Å²) in [6.45, 7) is 4.51. The molecule has 12 heterocycles. The van der Waals surface area contributed by atoms with Crippen LogP contribution in [0.2, 0.25) is 0 Å². The van der Waals surface area contributed by atoms with Crippen molar-refractivity contribution in [3.05, 3.63) is 393 Å². The Labute approximate surface area is 850 Å². The molecule has 0 radical (unpaired) electrons. The lowest BCUT2D eigenvalue weighted by atomic mass is 10.1. The van der Waals surface area contributed by atoms with E-state index in [9.17, 15) is 0 Å². The summed E-state index contributed by atoms with van der Waals surface area (Å²) in [6.07, 6.45) is -2.99. The molecule has 12 aromatic carbocycles. The Kier molecular flexibility index (Phi) is 22.9. The highest BCUT2D eigenvalue weighted by Gasteiger charge is 2.26. The molecule has 6 aromatic heterocycles. The normalized spacial score (nSPS) is 21.4. The van der Waals surface area contributed by atoms with Crippen molar-refractivity contribution >= 4 is 66.2 Å². The summed E-state index contributed by atoms with van der Waals surface area (Å²) in [7, 11) is 0. The Morgan fingerprint density at radius 3 is 0.717 bits per heavy atom. The highest BCUT2D eigenvalue weighted by Crippen LogP contribution is 2.30. The topological polar surface area (TPSA) is 126 Å². The fourth-order valence-corrected chi connectivity index (χ4v) is 18.0. The first-order valence-corrected chi connectivity index (χ1v) is 48.4. The molecule has 6 saturated heterocycles. The van der Waals surface area contributed by atoms with Crippen molar-refractivity contribution in [3.8, 4) is 0 Å². The third kappa shape index (κ3) is 24.3. The van der Waals surface area contributed by atoms with Crippen LogP contribution in [0.5, 0.6) is 0 Å². The molecule has 18 aromatic rings. The largest absolute Gasteiger partial charge is 0.322 e. The molecule has 6 fully saturated rings. The second-order valence-electron chi connectivity index (χ2n) is 36.4. The van der Waals surface area contributed by atoms with Gasteiger partial charge in [0.2, 0.25) is 0 Å². The molecule has 0 bridgehead atoms. The first-order chi connectivity index (χ1) is 76.7. The summed E-state index contributed by atoms with van der Waals surface area (Å²) in [5, 5.41) is 0. The van der Waals surface area contributed by atoms with E-state index in [0.717, 1.165) is 147 Å². The fourth-order valence-electron chi connectivity index (χ4n) is 18.0. The summed E-state index contributed by atoms with van der Waals surface area (Å²) >= 11 is 0. The summed E-state index contributed by atoms with van der Waals surface area (Å²) in [5.74, 6) is 3.29. The third-order valence-corrected chi connectivity index (χ3v) is 25.6. The zero-order valence-electron chi connectivity index (χ0n) is 104. The smallest absolute Gasteiger partial charge is 0.124 e. The highest BCUT2D eigenvalue weighted by atomic mass is 15.2. The summed E-state index contributed by atoms with van der Waals surface area (Å²) in [6, 6.07) is 94.3. The van der Waals surface area contributed by atoms with Crippen molar-refractivity contribution in [2.45, 2.75) is 197 Å². The predicted octanol–water partition coefficient (Wildman–Crippen LogP) is 23.9. The van der Waals surface area contributed by atoms with Crippen LogP contribution in [0, 0.1) is 41.5 Å². The number of hydrogen-bond acceptors (Lipinski definition) is 12. The molecule has 0 saturated carbocycles. The van der Waals surface area contributed by atoms with Crippen LogP contribution in [0.4, 0.5) is 0 Å². The highest BCUT2D eigenvalue weighted by molar-refractivity contribution is 5.80. The van der Waals surface area contributed by atoms with Crippen LogP contribution in [-0.2, 0) is 78.3 Å². The van der Waals surface area contributed by atoms with Gasteiger partial charge in [0.1, 0.15) is 34.9 Å². The molecule has 24 rings (SSSR count). The first-order valence-electron chi connectivity index (χ1n) is 60.4. The SMILES string of the molecule is [2H]C([2H])(c1ccc(C)cc1)n1c(CN2CCCC2)nc2ccccc21.[2H]C([2H])(c1nc2ccccc2n1C([2H])([2H])c1ccc(C)cc1)N1CCCC1.[2H]C([2H])(c1nc2ccccc2n1Cc1ccc(C)cc1)N1CCCC1.[2H]C1([2H])CCC([2H])([2H])N1Cc1nc2ccccc2n1Cc1ccc(C)cc1.[2H]C1([2H])CN(Cc2nc3ccccc3n2Cc2ccc(C)cc2)CC1([2H])[2H].[2H]C1([2H])N(Cc2nc3ccccc3n2Cc2ccc(C)cc2)C([2H])([2H])C([2H])([2H])C1([2H])[2H]. The van der Waals surface area contributed by atoms with Crippen molar-refractivity contribution < 1.29 is 32.9 Å². The number of aromatic nitrogens is 12. The molecule has 0 aliphatic carbocycles. The van der Waals surface area contributed by atoms with Gasteiger partial charge in [0.15, 0.2) is 0 Å². The number of para-hydroxylation sites is 12. The van der Waals surface area contributed by atoms with E-state index in [1.54, 1.807) is 39.8 Å². The lowest BCUT2D eigenvalue weighted by molar-refractivity contribution is 0.318. The van der Waals surface area contributed by atoms with Gasteiger partial charge < -0.3 is 27.4 Å². The monoisotopic (exact) mass is 1860 g/mol. The molecule has 18 heteroatoms. The molecule has 6 aliphatic heterocycles. The van der Waals surface area contributed by atoms with Crippen molar-refractivity contribution in [1.29, 1.82) is 0 Å². The molecule has 0 atom stereocenters. The van der Waals surface area contributed by atoms with E-state index < -0.39 is 77.5 Å². The van der Waals surface area contributed by atoms with Gasteiger partial charge in [-0.05, 0) is 303 Å². The van der Waals surface area contributed by atoms with Crippen molar-refractivity contribution in [2.75, 3.05) is 78.3 Å². The van der Waals surface area contributed by atoms with Gasteiger partial charge >= 0.3 is 0 Å². The molecular formula is C120H138N18. The van der Waals surface area contributed by atoms with E-state index in [1.165, 1.54) is 44.6 Å². The minimum atomic E-state index is -3.06. The molecule has 0 amide bonds. The van der Waals surface area contributed by atoms with Gasteiger partial charge in [-0.1, -0.05) is 252 Å². The van der Waals surface area contributed by atoms with Crippen LogP contribution in [0.25, 0.3) is 66.2 Å². The zero-order valence-corrected chi connectivity index (χ0v) is 79.7. The number of aryl methyl sites for hydroxylation is 6. The quantitative estimate of drug-likeness (QED) is 0.0572. The van der Waals surface area contributed by atoms with E-state index in [2.05, 4.69) is 123 Å². The number of rotatable bonds is 24. The summed E-state index contributed by atoms with van der Waals surface area (Å²) in [4.78, 5) is 37.8. The molecular weight excluding hydrogens is 1690 g/mol. The van der Waals surface area contributed by atoms with Gasteiger partial charge in [-0.25, -0.2) is 29.9 Å². The number of imidazole rings is 6. The number of nitrogens with zero attached hydrogens (tertiary/aromatic N) is 18. The minimum Gasteiger partial charge on any atom is -0.322 e. The van der Waals surface area contributed by atoms with Crippen LogP contribution >= 0.6 is 0 Å². The lowest BCUT2D eigenvalue weighted by Gasteiger charge is -2.16. The van der Waals surface area contributed by atoms with Gasteiger partial charge in [0, 0.05) is 61.1 Å². The van der Waals surface area contributed by atoms with Gasteiger partial charge in [-0.15, -0.1) is 0 Å². The van der Waals surface area contributed by atoms with Gasteiger partial charge in [0.05, 0.1) is 116 Å². The Morgan fingerprint density at radius 1 is 0.196 bits per heavy atom. The lowest BCUT2D eigenvalue weighted by Crippen LogP contribution is -2.21. The van der Waals surface area contributed by atoms with E-state index in [4.69, 9.17) is 47.9 Å². The number of likely N-dealkylation sites (tertiary alicyclic amines) is 6. The zero-order chi connectivity index (χ0) is 115. The maximum atomic E-state index is 8.87. The predicted molar refractivity (Wildman–Crippen MR) is 567 cm³/mol. The number of benzene rings is 12. The average Bonchev–Trinajstić information content (AvgIpc) is 1.52. The van der Waals surface area contributed by atoms with Crippen LogP contribution in [0.3, 0.4) is 0 Å². The van der Waals surface area contributed by atoms with Gasteiger partial charge in [0.25, 0.3) is 0 Å². The molecule has 138 heavy (non-hydrogen) atoms. The fraction of sp³-hybridized carbons (Fsp3) is 0.350. The maximum absolute atomic E-state index is 8.87. The van der Waals surface area contributed by atoms with Crippen LogP contribution in [0.15, 0.2) is 291 Å². The second-order valence-corrected chi connectivity index (χ2v) is 36.4. The van der Waals surface area contributed by atoms with Crippen molar-refractivity contribution in [3.63, 3.8) is 0 Å². The standard InChI is InChI=1S/6C20H23N3/c6*1-16-8-10-17(11-9-16)14-23-19-7-3-2-6-18(19)21-20(23)15-22-12-4-5-13-22/h6*2-3,6-11H,4-5,12-15H2,1H3/i4D2,5D2,12D2,13D2;14D2,15D2;12D2,13D2;4D2,5D2;15D2;14D2. The molecule has 708 valence electrons.